The zero-order chi connectivity index (χ0) is 20.9. The third-order valence-corrected chi connectivity index (χ3v) is 5.17. The van der Waals surface area contributed by atoms with Crippen LogP contribution in [0.3, 0.4) is 0 Å². The number of likely N-dealkylation sites (tertiary alicyclic amines) is 1. The first-order valence-corrected chi connectivity index (χ1v) is 9.93. The zero-order valence-corrected chi connectivity index (χ0v) is 16.4. The molecule has 30 heavy (non-hydrogen) atoms. The Kier molecular flexibility index (Phi) is 6.13. The van der Waals surface area contributed by atoms with Crippen molar-refractivity contribution in [1.29, 1.82) is 0 Å². The van der Waals surface area contributed by atoms with Gasteiger partial charge in [-0.1, -0.05) is 35.8 Å². The minimum absolute atomic E-state index is 0.129. The highest BCUT2D eigenvalue weighted by Crippen LogP contribution is 2.30. The summed E-state index contributed by atoms with van der Waals surface area (Å²) in [7, 11) is 0. The molecule has 3 aromatic rings. The summed E-state index contributed by atoms with van der Waals surface area (Å²) in [5.74, 6) is -0.0402. The molecular weight excluding hydrogens is 390 g/mol. The van der Waals surface area contributed by atoms with Crippen molar-refractivity contribution in [3.8, 4) is 11.4 Å². The van der Waals surface area contributed by atoms with Crippen LogP contribution in [0.4, 0.5) is 8.78 Å². The first-order valence-electron chi connectivity index (χ1n) is 9.93. The molecule has 156 valence electrons. The van der Waals surface area contributed by atoms with Crippen molar-refractivity contribution in [2.45, 2.75) is 31.8 Å². The van der Waals surface area contributed by atoms with Gasteiger partial charge >= 0.3 is 0 Å². The molecule has 1 atom stereocenters. The van der Waals surface area contributed by atoms with Crippen molar-refractivity contribution in [2.24, 2.45) is 0 Å². The van der Waals surface area contributed by atoms with Crippen LogP contribution in [0.25, 0.3) is 11.4 Å². The standard InChI is InChI=1S/C22H22F2N4O2/c23-17-9-7-15(8-10-17)13-25-20(29)14-28-11-2-1-6-19(28)22-26-21(27-30-22)16-4-3-5-18(24)12-16/h3-5,7-10,12,19H,1-2,6,11,13-14H2,(H,25,29)/t19-/m1/s1. The number of hydrogen-bond acceptors (Lipinski definition) is 5. The molecule has 8 heteroatoms. The molecule has 4 rings (SSSR count). The lowest BCUT2D eigenvalue weighted by atomic mass is 10.0. The molecule has 0 spiro atoms. The Bertz CT molecular complexity index is 1010. The van der Waals surface area contributed by atoms with Crippen molar-refractivity contribution in [3.63, 3.8) is 0 Å². The van der Waals surface area contributed by atoms with E-state index in [0.717, 1.165) is 31.4 Å². The average molecular weight is 412 g/mol. The summed E-state index contributed by atoms with van der Waals surface area (Å²) < 4.78 is 31.9. The van der Waals surface area contributed by atoms with Crippen molar-refractivity contribution in [3.05, 3.63) is 71.6 Å². The number of halogens is 2. The van der Waals surface area contributed by atoms with Gasteiger partial charge in [0.15, 0.2) is 0 Å². The molecule has 2 heterocycles. The highest BCUT2D eigenvalue weighted by Gasteiger charge is 2.30. The van der Waals surface area contributed by atoms with Gasteiger partial charge in [-0.2, -0.15) is 4.98 Å². The molecule has 0 saturated carbocycles. The van der Waals surface area contributed by atoms with Gasteiger partial charge in [0.05, 0.1) is 12.6 Å². The van der Waals surface area contributed by atoms with Crippen LogP contribution in [-0.4, -0.2) is 34.0 Å². The molecule has 0 aliphatic carbocycles. The zero-order valence-electron chi connectivity index (χ0n) is 16.4. The predicted octanol–water partition coefficient (Wildman–Crippen LogP) is 3.86. The lowest BCUT2D eigenvalue weighted by Gasteiger charge is -2.32. The predicted molar refractivity (Wildman–Crippen MR) is 106 cm³/mol. The number of nitrogens with zero attached hydrogens (tertiary/aromatic N) is 3. The lowest BCUT2D eigenvalue weighted by molar-refractivity contribution is -0.123. The van der Waals surface area contributed by atoms with E-state index in [1.807, 2.05) is 4.90 Å². The van der Waals surface area contributed by atoms with Crippen LogP contribution < -0.4 is 5.32 Å². The molecule has 1 aliphatic rings. The van der Waals surface area contributed by atoms with Gasteiger partial charge in [0.2, 0.25) is 17.6 Å². The maximum Gasteiger partial charge on any atom is 0.244 e. The van der Waals surface area contributed by atoms with Crippen LogP contribution >= 0.6 is 0 Å². The number of rotatable bonds is 6. The normalized spacial score (nSPS) is 17.1. The second kappa shape index (κ2) is 9.13. The van der Waals surface area contributed by atoms with Gasteiger partial charge < -0.3 is 9.84 Å². The second-order valence-corrected chi connectivity index (χ2v) is 7.35. The highest BCUT2D eigenvalue weighted by molar-refractivity contribution is 5.78. The van der Waals surface area contributed by atoms with Gasteiger partial charge in [-0.15, -0.1) is 0 Å². The topological polar surface area (TPSA) is 71.3 Å². The molecular formula is C22H22F2N4O2. The molecule has 0 radical (unpaired) electrons. The Balaban J connectivity index is 1.40. The van der Waals surface area contributed by atoms with E-state index in [1.54, 1.807) is 24.3 Å². The summed E-state index contributed by atoms with van der Waals surface area (Å²) in [4.78, 5) is 18.9. The van der Waals surface area contributed by atoms with E-state index < -0.39 is 0 Å². The van der Waals surface area contributed by atoms with E-state index >= 15 is 0 Å². The number of hydrogen-bond donors (Lipinski definition) is 1. The molecule has 1 saturated heterocycles. The summed E-state index contributed by atoms with van der Waals surface area (Å²) in [6, 6.07) is 11.9. The maximum atomic E-state index is 13.5. The van der Waals surface area contributed by atoms with Gasteiger partial charge in [0.25, 0.3) is 0 Å². The number of carbonyl (C=O) groups is 1. The Morgan fingerprint density at radius 2 is 1.97 bits per heavy atom. The van der Waals surface area contributed by atoms with Crippen LogP contribution in [-0.2, 0) is 11.3 Å². The first kappa shape index (κ1) is 20.2. The molecule has 1 amide bonds. The molecule has 0 unspecified atom stereocenters. The van der Waals surface area contributed by atoms with Crippen molar-refractivity contribution in [1.82, 2.24) is 20.4 Å². The van der Waals surface area contributed by atoms with Crippen molar-refractivity contribution < 1.29 is 18.1 Å². The van der Waals surface area contributed by atoms with Crippen LogP contribution in [0.5, 0.6) is 0 Å². The third-order valence-electron chi connectivity index (χ3n) is 5.17. The van der Waals surface area contributed by atoms with E-state index in [0.29, 0.717) is 23.8 Å². The van der Waals surface area contributed by atoms with Gasteiger partial charge in [0.1, 0.15) is 11.6 Å². The molecule has 2 aromatic carbocycles. The Hall–Kier alpha value is -3.13. The quantitative estimate of drug-likeness (QED) is 0.666. The fourth-order valence-electron chi connectivity index (χ4n) is 3.62. The SMILES string of the molecule is O=C(CN1CCCC[C@@H]1c1nc(-c2cccc(F)c2)no1)NCc1ccc(F)cc1. The van der Waals surface area contributed by atoms with Gasteiger partial charge in [-0.3, -0.25) is 9.69 Å². The summed E-state index contributed by atoms with van der Waals surface area (Å²) in [6.45, 7) is 1.28. The summed E-state index contributed by atoms with van der Waals surface area (Å²) >= 11 is 0. The number of benzene rings is 2. The average Bonchev–Trinajstić information content (AvgIpc) is 3.24. The monoisotopic (exact) mass is 412 g/mol. The van der Waals surface area contributed by atoms with Gasteiger partial charge in [-0.25, -0.2) is 8.78 Å². The minimum atomic E-state index is -0.365. The summed E-state index contributed by atoms with van der Waals surface area (Å²) in [5, 5.41) is 6.85. The number of carbonyl (C=O) groups excluding carboxylic acids is 1. The van der Waals surface area contributed by atoms with Crippen LogP contribution in [0.1, 0.15) is 36.8 Å². The first-order chi connectivity index (χ1) is 14.6. The van der Waals surface area contributed by atoms with E-state index in [4.69, 9.17) is 4.52 Å². The smallest absolute Gasteiger partial charge is 0.244 e. The van der Waals surface area contributed by atoms with Crippen LogP contribution in [0, 0.1) is 11.6 Å². The number of nitrogens with one attached hydrogen (secondary N) is 1. The Morgan fingerprint density at radius 3 is 2.77 bits per heavy atom. The largest absolute Gasteiger partial charge is 0.351 e. The molecule has 1 aliphatic heterocycles. The minimum Gasteiger partial charge on any atom is -0.351 e. The van der Waals surface area contributed by atoms with E-state index in [2.05, 4.69) is 15.5 Å². The van der Waals surface area contributed by atoms with E-state index in [9.17, 15) is 13.6 Å². The molecule has 0 bridgehead atoms. The van der Waals surface area contributed by atoms with Crippen molar-refractivity contribution >= 4 is 5.91 Å². The number of amides is 1. The number of aromatic nitrogens is 2. The molecule has 1 fully saturated rings. The Morgan fingerprint density at radius 1 is 1.13 bits per heavy atom. The van der Waals surface area contributed by atoms with Gasteiger partial charge in [-0.05, 0) is 49.2 Å². The summed E-state index contributed by atoms with van der Waals surface area (Å²) in [5.41, 5.74) is 1.38. The molecule has 6 nitrogen and oxygen atoms in total. The third kappa shape index (κ3) is 4.88. The number of piperidine rings is 1. The van der Waals surface area contributed by atoms with Gasteiger partial charge in [0, 0.05) is 12.1 Å². The van der Waals surface area contributed by atoms with E-state index in [1.165, 1.54) is 24.3 Å². The fourth-order valence-corrected chi connectivity index (χ4v) is 3.62. The maximum absolute atomic E-state index is 13.5. The van der Waals surface area contributed by atoms with Crippen LogP contribution in [0.2, 0.25) is 0 Å². The van der Waals surface area contributed by atoms with E-state index in [-0.39, 0.29) is 30.1 Å². The Labute approximate surface area is 172 Å². The van der Waals surface area contributed by atoms with Crippen molar-refractivity contribution in [2.75, 3.05) is 13.1 Å². The second-order valence-electron chi connectivity index (χ2n) is 7.35. The van der Waals surface area contributed by atoms with Crippen LogP contribution in [0.15, 0.2) is 53.1 Å². The summed E-state index contributed by atoms with van der Waals surface area (Å²) in [6.07, 6.45) is 2.78. The lowest BCUT2D eigenvalue weighted by Crippen LogP contribution is -2.41. The molecule has 1 aromatic heterocycles. The molecule has 1 N–H and O–H groups in total. The fraction of sp³-hybridized carbons (Fsp3) is 0.318. The highest BCUT2D eigenvalue weighted by atomic mass is 19.1.